The van der Waals surface area contributed by atoms with Crippen LogP contribution in [0.1, 0.15) is 15.2 Å². The molecule has 0 aliphatic heterocycles. The van der Waals surface area contributed by atoms with Crippen molar-refractivity contribution in [2.24, 2.45) is 0 Å². The molecule has 2 aromatic carbocycles. The average Bonchev–Trinajstić information content (AvgIpc) is 2.90. The third-order valence-electron chi connectivity index (χ3n) is 3.57. The molecule has 0 aliphatic rings. The van der Waals surface area contributed by atoms with Gasteiger partial charge in [-0.2, -0.15) is 0 Å². The van der Waals surface area contributed by atoms with Gasteiger partial charge in [-0.1, -0.05) is 18.2 Å². The highest BCUT2D eigenvalue weighted by Gasteiger charge is 2.20. The smallest absolute Gasteiger partial charge is 0.311 e. The van der Waals surface area contributed by atoms with E-state index < -0.39 is 17.3 Å². The first-order chi connectivity index (χ1) is 11.5. The summed E-state index contributed by atoms with van der Waals surface area (Å²) in [5.41, 5.74) is 0.468. The minimum absolute atomic E-state index is 0.257. The Morgan fingerprint density at radius 2 is 2.04 bits per heavy atom. The molecule has 5 nitrogen and oxygen atoms in total. The topological polar surface area (TPSA) is 69.4 Å². The van der Waals surface area contributed by atoms with Crippen molar-refractivity contribution in [2.75, 3.05) is 6.61 Å². The molecule has 0 saturated carbocycles. The van der Waals surface area contributed by atoms with Gasteiger partial charge in [0.25, 0.3) is 0 Å². The maximum atomic E-state index is 13.3. The Balaban J connectivity index is 1.84. The third kappa shape index (κ3) is 2.98. The van der Waals surface area contributed by atoms with Gasteiger partial charge in [0.2, 0.25) is 5.78 Å². The van der Waals surface area contributed by atoms with Gasteiger partial charge >= 0.3 is 5.69 Å². The lowest BCUT2D eigenvalue weighted by Gasteiger charge is -2.06. The molecule has 0 spiro atoms. The van der Waals surface area contributed by atoms with Crippen molar-refractivity contribution in [1.82, 2.24) is 0 Å². The Bertz CT molecular complexity index is 951. The molecule has 0 bridgehead atoms. The second-order valence-corrected chi connectivity index (χ2v) is 6.19. The van der Waals surface area contributed by atoms with Gasteiger partial charge in [-0.25, -0.2) is 4.39 Å². The average molecular weight is 345 g/mol. The molecule has 24 heavy (non-hydrogen) atoms. The summed E-state index contributed by atoms with van der Waals surface area (Å²) in [6, 6.07) is 10.5. The monoisotopic (exact) mass is 345 g/mol. The second-order valence-electron chi connectivity index (χ2n) is 5.13. The van der Waals surface area contributed by atoms with Crippen LogP contribution >= 0.6 is 11.3 Å². The highest BCUT2D eigenvalue weighted by Crippen LogP contribution is 2.32. The van der Waals surface area contributed by atoms with Gasteiger partial charge in [0.15, 0.2) is 12.4 Å². The van der Waals surface area contributed by atoms with Gasteiger partial charge < -0.3 is 4.74 Å². The van der Waals surface area contributed by atoms with E-state index >= 15 is 0 Å². The number of halogens is 1. The molecular weight excluding hydrogens is 333 g/mol. The van der Waals surface area contributed by atoms with Crippen LogP contribution < -0.4 is 4.74 Å². The summed E-state index contributed by atoms with van der Waals surface area (Å²) in [7, 11) is 0. The fraction of sp³-hybridized carbons (Fsp3) is 0.118. The molecule has 0 amide bonds. The number of hydrogen-bond acceptors (Lipinski definition) is 5. The quantitative estimate of drug-likeness (QED) is 0.387. The lowest BCUT2D eigenvalue weighted by molar-refractivity contribution is -0.385. The molecule has 1 aromatic heterocycles. The number of benzene rings is 2. The molecule has 0 N–H and O–H groups in total. The molecular formula is C17H12FNO4S. The Morgan fingerprint density at radius 3 is 2.75 bits per heavy atom. The Hall–Kier alpha value is -2.80. The number of nitro benzene ring substituents is 1. The zero-order valence-electron chi connectivity index (χ0n) is 12.6. The molecule has 0 radical (unpaired) electrons. The van der Waals surface area contributed by atoms with E-state index in [0.29, 0.717) is 4.88 Å². The van der Waals surface area contributed by atoms with Crippen LogP contribution in [-0.2, 0) is 0 Å². The molecule has 122 valence electrons. The molecule has 1 heterocycles. The number of nitro groups is 1. The molecule has 3 aromatic rings. The van der Waals surface area contributed by atoms with Crippen molar-refractivity contribution < 1.29 is 18.8 Å². The van der Waals surface area contributed by atoms with E-state index in [1.165, 1.54) is 11.3 Å². The summed E-state index contributed by atoms with van der Waals surface area (Å²) < 4.78 is 19.5. The highest BCUT2D eigenvalue weighted by atomic mass is 32.1. The summed E-state index contributed by atoms with van der Waals surface area (Å²) in [6.45, 7) is 1.45. The van der Waals surface area contributed by atoms with E-state index in [4.69, 9.17) is 4.74 Å². The van der Waals surface area contributed by atoms with Gasteiger partial charge in [0.1, 0.15) is 5.82 Å². The van der Waals surface area contributed by atoms with Crippen LogP contribution in [-0.4, -0.2) is 17.3 Å². The fourth-order valence-corrected chi connectivity index (χ4v) is 3.54. The van der Waals surface area contributed by atoms with Gasteiger partial charge in [-0.3, -0.25) is 14.9 Å². The van der Waals surface area contributed by atoms with Crippen molar-refractivity contribution in [3.05, 3.63) is 68.8 Å². The number of carbonyl (C=O) groups is 1. The predicted octanol–water partition coefficient (Wildman–Crippen LogP) is 4.52. The first-order valence-corrected chi connectivity index (χ1v) is 7.87. The van der Waals surface area contributed by atoms with Crippen molar-refractivity contribution in [2.45, 2.75) is 6.92 Å². The van der Waals surface area contributed by atoms with Crippen molar-refractivity contribution >= 4 is 32.9 Å². The van der Waals surface area contributed by atoms with E-state index in [9.17, 15) is 19.3 Å². The van der Waals surface area contributed by atoms with Crippen molar-refractivity contribution in [1.29, 1.82) is 0 Å². The fourth-order valence-electron chi connectivity index (χ4n) is 2.40. The standard InChI is InChI=1S/C17H12FNO4S/c1-10-12-4-2-3-5-16(12)24-17(10)14(20)9-23-15-8-11(18)6-7-13(15)19(21)22/h2-8H,9H2,1H3. The van der Waals surface area contributed by atoms with E-state index in [1.807, 2.05) is 31.2 Å². The number of carbonyl (C=O) groups excluding carboxylic acids is 1. The number of aryl methyl sites for hydroxylation is 1. The van der Waals surface area contributed by atoms with E-state index in [-0.39, 0.29) is 17.2 Å². The number of nitrogens with zero attached hydrogens (tertiary/aromatic N) is 1. The summed E-state index contributed by atoms with van der Waals surface area (Å²) in [6.07, 6.45) is 0. The van der Waals surface area contributed by atoms with Gasteiger partial charge in [-0.05, 0) is 30.0 Å². The zero-order valence-corrected chi connectivity index (χ0v) is 13.4. The van der Waals surface area contributed by atoms with Gasteiger partial charge in [0.05, 0.1) is 9.80 Å². The first kappa shape index (κ1) is 16.1. The number of ketones is 1. The Kier molecular flexibility index (Phi) is 4.26. The number of thiophene rings is 1. The lowest BCUT2D eigenvalue weighted by Crippen LogP contribution is -2.12. The predicted molar refractivity (Wildman–Crippen MR) is 89.4 cm³/mol. The molecule has 0 atom stereocenters. The zero-order chi connectivity index (χ0) is 17.3. The number of fused-ring (bicyclic) bond motifs is 1. The summed E-state index contributed by atoms with van der Waals surface area (Å²) in [5, 5.41) is 11.9. The molecule has 3 rings (SSSR count). The SMILES string of the molecule is Cc1c(C(=O)COc2cc(F)ccc2[N+](=O)[O-])sc2ccccc12. The molecule has 0 aliphatic carbocycles. The minimum atomic E-state index is -0.677. The van der Waals surface area contributed by atoms with Crippen molar-refractivity contribution in [3.8, 4) is 5.75 Å². The van der Waals surface area contributed by atoms with Crippen LogP contribution in [0.4, 0.5) is 10.1 Å². The third-order valence-corrected chi connectivity index (χ3v) is 4.89. The lowest BCUT2D eigenvalue weighted by atomic mass is 10.1. The molecule has 0 fully saturated rings. The minimum Gasteiger partial charge on any atom is -0.478 e. The molecule has 0 saturated heterocycles. The van der Waals surface area contributed by atoms with Crippen molar-refractivity contribution in [3.63, 3.8) is 0 Å². The number of Topliss-reactive ketones (excluding diaryl/α,β-unsaturated/α-hetero) is 1. The molecule has 0 unspecified atom stereocenters. The summed E-state index contributed by atoms with van der Waals surface area (Å²) in [4.78, 5) is 23.2. The number of ether oxygens (including phenoxy) is 1. The maximum Gasteiger partial charge on any atom is 0.311 e. The van der Waals surface area contributed by atoms with E-state index in [0.717, 1.165) is 33.8 Å². The van der Waals surface area contributed by atoms with Crippen LogP contribution in [0.2, 0.25) is 0 Å². The number of rotatable bonds is 5. The highest BCUT2D eigenvalue weighted by molar-refractivity contribution is 7.21. The summed E-state index contributed by atoms with van der Waals surface area (Å²) in [5.74, 6) is -1.22. The maximum absolute atomic E-state index is 13.3. The van der Waals surface area contributed by atoms with Gasteiger partial charge in [-0.15, -0.1) is 11.3 Å². The first-order valence-electron chi connectivity index (χ1n) is 7.05. The Morgan fingerprint density at radius 1 is 1.29 bits per heavy atom. The largest absolute Gasteiger partial charge is 0.478 e. The van der Waals surface area contributed by atoms with E-state index in [1.54, 1.807) is 0 Å². The van der Waals surface area contributed by atoms with Crippen LogP contribution in [0, 0.1) is 22.9 Å². The second kappa shape index (κ2) is 6.37. The van der Waals surface area contributed by atoms with Crippen LogP contribution in [0.15, 0.2) is 42.5 Å². The van der Waals surface area contributed by atoms with Gasteiger partial charge in [0, 0.05) is 16.8 Å². The summed E-state index contributed by atoms with van der Waals surface area (Å²) >= 11 is 1.34. The number of hydrogen-bond donors (Lipinski definition) is 0. The van der Waals surface area contributed by atoms with Crippen LogP contribution in [0.25, 0.3) is 10.1 Å². The normalized spacial score (nSPS) is 10.8. The van der Waals surface area contributed by atoms with Crippen LogP contribution in [0.3, 0.4) is 0 Å². The van der Waals surface area contributed by atoms with E-state index in [2.05, 4.69) is 0 Å². The van der Waals surface area contributed by atoms with Crippen LogP contribution in [0.5, 0.6) is 5.75 Å². The molecule has 7 heteroatoms. The Labute approximate surface area is 140 Å².